The summed E-state index contributed by atoms with van der Waals surface area (Å²) in [7, 11) is 0. The third-order valence-corrected chi connectivity index (χ3v) is 15.0. The molecule has 0 saturated carbocycles. The van der Waals surface area contributed by atoms with Gasteiger partial charge in [-0.1, -0.05) is 190 Å². The van der Waals surface area contributed by atoms with Crippen LogP contribution in [0.15, 0.2) is 247 Å². The number of nitrogens with zero attached hydrogens (tertiary/aromatic N) is 2. The number of fused-ring (bicyclic) bond motifs is 10. The lowest BCUT2D eigenvalue weighted by atomic mass is 9.81. The lowest BCUT2D eigenvalue weighted by Gasteiger charge is -2.32. The average molecular weight is 895 g/mol. The zero-order valence-corrected chi connectivity index (χ0v) is 38.9. The summed E-state index contributed by atoms with van der Waals surface area (Å²) in [5, 5.41) is 7.05. The van der Waals surface area contributed by atoms with Crippen molar-refractivity contribution in [2.24, 2.45) is 0 Å². The van der Waals surface area contributed by atoms with Gasteiger partial charge in [-0.05, 0) is 116 Å². The molecule has 0 spiro atoms. The molecule has 3 heteroatoms. The number of furan rings is 1. The Morgan fingerprint density at radius 3 is 1.71 bits per heavy atom. The number of benzene rings is 11. The van der Waals surface area contributed by atoms with Crippen LogP contribution in [0.1, 0.15) is 25.0 Å². The van der Waals surface area contributed by atoms with Crippen molar-refractivity contribution >= 4 is 71.6 Å². The number of hydrogen-bond donors (Lipinski definition) is 0. The molecular weight excluding hydrogens is 849 g/mol. The first-order valence-electron chi connectivity index (χ1n) is 24.2. The molecule has 2 aromatic heterocycles. The van der Waals surface area contributed by atoms with Crippen molar-refractivity contribution in [3.05, 3.63) is 254 Å². The van der Waals surface area contributed by atoms with Gasteiger partial charge in [0, 0.05) is 49.3 Å². The monoisotopic (exact) mass is 894 g/mol. The van der Waals surface area contributed by atoms with Gasteiger partial charge in [-0.15, -0.1) is 0 Å². The van der Waals surface area contributed by atoms with Gasteiger partial charge in [-0.3, -0.25) is 0 Å². The number of aromatic nitrogens is 1. The van der Waals surface area contributed by atoms with E-state index >= 15 is 0 Å². The molecule has 0 N–H and O–H groups in total. The van der Waals surface area contributed by atoms with Crippen molar-refractivity contribution in [1.82, 2.24) is 4.57 Å². The summed E-state index contributed by atoms with van der Waals surface area (Å²) in [6, 6.07) is 88.8. The molecule has 0 amide bonds. The van der Waals surface area contributed by atoms with Gasteiger partial charge in [-0.25, -0.2) is 0 Å². The molecule has 1 aliphatic carbocycles. The molecular formula is C67H46N2O. The van der Waals surface area contributed by atoms with Crippen LogP contribution in [0.5, 0.6) is 0 Å². The van der Waals surface area contributed by atoms with Gasteiger partial charge in [-0.2, -0.15) is 0 Å². The molecule has 14 rings (SSSR count). The summed E-state index contributed by atoms with van der Waals surface area (Å²) in [6.45, 7) is 4.73. The summed E-state index contributed by atoms with van der Waals surface area (Å²) in [6.07, 6.45) is 0. The Labute approximate surface area is 406 Å². The zero-order chi connectivity index (χ0) is 46.5. The lowest BCUT2D eigenvalue weighted by molar-refractivity contribution is 0.660. The van der Waals surface area contributed by atoms with Crippen molar-refractivity contribution < 1.29 is 4.42 Å². The van der Waals surface area contributed by atoms with E-state index in [-0.39, 0.29) is 5.41 Å². The molecule has 0 saturated heterocycles. The maximum Gasteiger partial charge on any atom is 0.145 e. The van der Waals surface area contributed by atoms with Crippen molar-refractivity contribution in [2.75, 3.05) is 4.90 Å². The molecule has 0 aliphatic heterocycles. The standard InChI is InChI=1S/C67H46N2O/c1-67(2)57-28-11-5-24-51(57)52-37-36-46(42-58(52)67)50-23-7-13-30-60(50)69(59-29-12-6-22-49(59)45-35-34-43-18-3-4-19-44(43)40-45)63-39-38-56-55-27-10-16-33-64(55)70-66(56)65(63)47-20-17-21-48(41-47)68-61-31-14-8-25-53(61)54-26-9-15-32-62(54)68/h3-42H,1-2H3. The second-order valence-corrected chi connectivity index (χ2v) is 19.2. The number of rotatable bonds is 7. The normalized spacial score (nSPS) is 12.8. The quantitative estimate of drug-likeness (QED) is 0.159. The third kappa shape index (κ3) is 6.08. The summed E-state index contributed by atoms with van der Waals surface area (Å²) in [5.74, 6) is 0. The fraction of sp³-hybridized carbons (Fsp3) is 0.0448. The van der Waals surface area contributed by atoms with Crippen molar-refractivity contribution in [3.63, 3.8) is 0 Å². The molecule has 2 heterocycles. The minimum Gasteiger partial charge on any atom is -0.455 e. The van der Waals surface area contributed by atoms with E-state index in [1.807, 2.05) is 0 Å². The maximum absolute atomic E-state index is 7.12. The largest absolute Gasteiger partial charge is 0.455 e. The Morgan fingerprint density at radius 1 is 0.371 bits per heavy atom. The summed E-state index contributed by atoms with van der Waals surface area (Å²) >= 11 is 0. The molecule has 0 fully saturated rings. The summed E-state index contributed by atoms with van der Waals surface area (Å²) in [4.78, 5) is 2.50. The predicted molar refractivity (Wildman–Crippen MR) is 294 cm³/mol. The van der Waals surface area contributed by atoms with Gasteiger partial charge >= 0.3 is 0 Å². The van der Waals surface area contributed by atoms with E-state index in [1.54, 1.807) is 0 Å². The molecule has 70 heavy (non-hydrogen) atoms. The lowest BCUT2D eigenvalue weighted by Crippen LogP contribution is -2.15. The van der Waals surface area contributed by atoms with Crippen LogP contribution in [-0.4, -0.2) is 4.57 Å². The highest BCUT2D eigenvalue weighted by Crippen LogP contribution is 2.53. The molecule has 0 bridgehead atoms. The van der Waals surface area contributed by atoms with Crippen LogP contribution >= 0.6 is 0 Å². The van der Waals surface area contributed by atoms with Crippen molar-refractivity contribution in [3.8, 4) is 50.2 Å². The van der Waals surface area contributed by atoms with E-state index in [0.717, 1.165) is 72.5 Å². The Kier molecular flexibility index (Phi) is 8.93. The first kappa shape index (κ1) is 40.2. The fourth-order valence-electron chi connectivity index (χ4n) is 11.7. The Morgan fingerprint density at radius 2 is 0.957 bits per heavy atom. The Balaban J connectivity index is 1.06. The smallest absolute Gasteiger partial charge is 0.145 e. The van der Waals surface area contributed by atoms with Crippen molar-refractivity contribution in [1.29, 1.82) is 0 Å². The number of hydrogen-bond acceptors (Lipinski definition) is 2. The minimum atomic E-state index is -0.153. The summed E-state index contributed by atoms with van der Waals surface area (Å²) in [5.41, 5.74) is 20.1. The predicted octanol–water partition coefficient (Wildman–Crippen LogP) is 18.6. The second-order valence-electron chi connectivity index (χ2n) is 19.2. The van der Waals surface area contributed by atoms with Gasteiger partial charge in [0.1, 0.15) is 11.2 Å². The molecule has 3 nitrogen and oxygen atoms in total. The Bertz CT molecular complexity index is 4190. The average Bonchev–Trinajstić information content (AvgIpc) is 4.04. The minimum absolute atomic E-state index is 0.153. The van der Waals surface area contributed by atoms with Gasteiger partial charge < -0.3 is 13.9 Å². The fourth-order valence-corrected chi connectivity index (χ4v) is 11.7. The van der Waals surface area contributed by atoms with Crippen LogP contribution in [0.25, 0.3) is 105 Å². The van der Waals surface area contributed by atoms with E-state index in [2.05, 4.69) is 266 Å². The van der Waals surface area contributed by atoms with Crippen LogP contribution in [0.3, 0.4) is 0 Å². The SMILES string of the molecule is CC1(C)c2ccccc2-c2ccc(-c3ccccc3N(c3ccccc3-c3ccc4ccccc4c3)c3ccc4c(oc5ccccc54)c3-c3cccc(-n4c5ccccc5c5ccccc54)c3)cc21. The van der Waals surface area contributed by atoms with Crippen LogP contribution in [0, 0.1) is 0 Å². The van der Waals surface area contributed by atoms with Crippen LogP contribution in [-0.2, 0) is 5.41 Å². The van der Waals surface area contributed by atoms with E-state index in [0.29, 0.717) is 0 Å². The topological polar surface area (TPSA) is 21.3 Å². The zero-order valence-electron chi connectivity index (χ0n) is 38.9. The van der Waals surface area contributed by atoms with E-state index in [4.69, 9.17) is 4.42 Å². The van der Waals surface area contributed by atoms with E-state index < -0.39 is 0 Å². The van der Waals surface area contributed by atoms with Crippen LogP contribution < -0.4 is 4.90 Å². The van der Waals surface area contributed by atoms with Gasteiger partial charge in [0.05, 0.1) is 28.1 Å². The second kappa shape index (κ2) is 15.6. The highest BCUT2D eigenvalue weighted by molar-refractivity contribution is 6.15. The maximum atomic E-state index is 7.12. The van der Waals surface area contributed by atoms with Crippen LogP contribution in [0.2, 0.25) is 0 Å². The number of anilines is 3. The van der Waals surface area contributed by atoms with Crippen molar-refractivity contribution in [2.45, 2.75) is 19.3 Å². The first-order chi connectivity index (χ1) is 34.5. The van der Waals surface area contributed by atoms with Gasteiger partial charge in [0.2, 0.25) is 0 Å². The van der Waals surface area contributed by atoms with E-state index in [9.17, 15) is 0 Å². The van der Waals surface area contributed by atoms with Gasteiger partial charge in [0.25, 0.3) is 0 Å². The summed E-state index contributed by atoms with van der Waals surface area (Å²) < 4.78 is 9.53. The molecule has 330 valence electrons. The molecule has 0 atom stereocenters. The highest BCUT2D eigenvalue weighted by Gasteiger charge is 2.36. The van der Waals surface area contributed by atoms with Gasteiger partial charge in [0.15, 0.2) is 0 Å². The molecule has 1 aliphatic rings. The highest BCUT2D eigenvalue weighted by atomic mass is 16.3. The molecule has 13 aromatic rings. The molecule has 0 radical (unpaired) electrons. The number of para-hydroxylation sites is 5. The molecule has 11 aromatic carbocycles. The van der Waals surface area contributed by atoms with Crippen LogP contribution in [0.4, 0.5) is 17.1 Å². The third-order valence-electron chi connectivity index (χ3n) is 15.0. The molecule has 0 unspecified atom stereocenters. The Hall–Kier alpha value is -8.92. The van der Waals surface area contributed by atoms with E-state index in [1.165, 1.54) is 60.4 Å². The first-order valence-corrected chi connectivity index (χ1v) is 24.2.